The topological polar surface area (TPSA) is 36.1 Å². The molecule has 0 fully saturated rings. The van der Waals surface area contributed by atoms with Crippen LogP contribution in [0.15, 0.2) is 4.99 Å². The molecule has 0 aromatic heterocycles. The van der Waals surface area contributed by atoms with Crippen molar-refractivity contribution in [2.75, 3.05) is 0 Å². The lowest BCUT2D eigenvalue weighted by Gasteiger charge is -2.23. The summed E-state index contributed by atoms with van der Waals surface area (Å²) in [5, 5.41) is 8.87. The number of hydrogen-bond donors (Lipinski definition) is 0. The van der Waals surface area contributed by atoms with Crippen molar-refractivity contribution in [3.8, 4) is 6.07 Å². The second-order valence-corrected chi connectivity index (χ2v) is 4.42. The average molecular weight is 198 g/mol. The van der Waals surface area contributed by atoms with Gasteiger partial charge in [0, 0.05) is 0 Å². The third-order valence-electron chi connectivity index (χ3n) is 2.10. The summed E-state index contributed by atoms with van der Waals surface area (Å²) in [7, 11) is 0. The zero-order valence-electron chi connectivity index (χ0n) is 9.69. The molecular formula is C11H19FN2. The lowest BCUT2D eigenvalue weighted by atomic mass is 9.93. The van der Waals surface area contributed by atoms with Crippen LogP contribution in [-0.4, -0.2) is 16.9 Å². The van der Waals surface area contributed by atoms with E-state index in [9.17, 15) is 4.39 Å². The number of halogens is 1. The van der Waals surface area contributed by atoms with Crippen molar-refractivity contribution in [3.05, 3.63) is 0 Å². The minimum Gasteiger partial charge on any atom is -0.270 e. The van der Waals surface area contributed by atoms with Gasteiger partial charge >= 0.3 is 0 Å². The van der Waals surface area contributed by atoms with Crippen molar-refractivity contribution in [2.45, 2.75) is 58.7 Å². The molecule has 0 N–H and O–H groups in total. The third kappa shape index (κ3) is 3.45. The van der Waals surface area contributed by atoms with E-state index < -0.39 is 11.2 Å². The highest BCUT2D eigenvalue weighted by molar-refractivity contribution is 6.05. The predicted molar refractivity (Wildman–Crippen MR) is 57.2 cm³/mol. The van der Waals surface area contributed by atoms with Crippen molar-refractivity contribution in [1.82, 2.24) is 0 Å². The Kier molecular flexibility index (Phi) is 4.25. The van der Waals surface area contributed by atoms with E-state index in [0.29, 0.717) is 12.8 Å². The molecule has 0 heterocycles. The largest absolute Gasteiger partial charge is 0.270 e. The van der Waals surface area contributed by atoms with Gasteiger partial charge in [0.15, 0.2) is 5.67 Å². The van der Waals surface area contributed by atoms with E-state index in [1.165, 1.54) is 0 Å². The fraction of sp³-hybridized carbons (Fsp3) is 0.818. The number of nitrogens with zero attached hydrogens (tertiary/aromatic N) is 2. The molecule has 0 aromatic carbocycles. The second kappa shape index (κ2) is 4.54. The fourth-order valence-corrected chi connectivity index (χ4v) is 1.15. The fourth-order valence-electron chi connectivity index (χ4n) is 1.15. The molecule has 0 spiro atoms. The molecule has 0 aliphatic rings. The molecule has 0 unspecified atom stereocenters. The maximum Gasteiger partial charge on any atom is 0.161 e. The van der Waals surface area contributed by atoms with Gasteiger partial charge in [0.1, 0.15) is 11.8 Å². The Morgan fingerprint density at radius 3 is 1.93 bits per heavy atom. The maximum atomic E-state index is 14.1. The number of nitriles is 1. The van der Waals surface area contributed by atoms with Crippen LogP contribution in [0.4, 0.5) is 4.39 Å². The molecule has 0 radical (unpaired) electrons. The highest BCUT2D eigenvalue weighted by atomic mass is 19.1. The summed E-state index contributed by atoms with van der Waals surface area (Å²) < 4.78 is 14.1. The van der Waals surface area contributed by atoms with Crippen molar-refractivity contribution in [3.63, 3.8) is 0 Å². The molecule has 0 atom stereocenters. The molecule has 0 aliphatic heterocycles. The Morgan fingerprint density at radius 2 is 1.71 bits per heavy atom. The number of hydrogen-bond acceptors (Lipinski definition) is 2. The van der Waals surface area contributed by atoms with Crippen LogP contribution >= 0.6 is 0 Å². The van der Waals surface area contributed by atoms with E-state index in [0.717, 1.165) is 0 Å². The molecular weight excluding hydrogens is 179 g/mol. The quantitative estimate of drug-likeness (QED) is 0.641. The van der Waals surface area contributed by atoms with Crippen LogP contribution < -0.4 is 0 Å². The number of aliphatic imine (C=N–C) groups is 1. The molecule has 0 aliphatic carbocycles. The molecule has 0 saturated heterocycles. The van der Waals surface area contributed by atoms with Gasteiger partial charge in [-0.25, -0.2) is 4.39 Å². The van der Waals surface area contributed by atoms with Gasteiger partial charge < -0.3 is 0 Å². The van der Waals surface area contributed by atoms with Gasteiger partial charge in [-0.2, -0.15) is 5.26 Å². The zero-order valence-corrected chi connectivity index (χ0v) is 9.69. The first-order valence-corrected chi connectivity index (χ1v) is 4.98. The van der Waals surface area contributed by atoms with Gasteiger partial charge in [-0.3, -0.25) is 4.99 Å². The molecule has 3 heteroatoms. The summed E-state index contributed by atoms with van der Waals surface area (Å²) >= 11 is 0. The third-order valence-corrected chi connectivity index (χ3v) is 2.10. The van der Waals surface area contributed by atoms with Crippen LogP contribution in [0, 0.1) is 11.3 Å². The first-order valence-electron chi connectivity index (χ1n) is 4.98. The van der Waals surface area contributed by atoms with Gasteiger partial charge in [0.2, 0.25) is 0 Å². The second-order valence-electron chi connectivity index (χ2n) is 4.42. The van der Waals surface area contributed by atoms with E-state index >= 15 is 0 Å². The van der Waals surface area contributed by atoms with E-state index in [1.54, 1.807) is 13.8 Å². The normalized spacial score (nSPS) is 13.9. The summed E-state index contributed by atoms with van der Waals surface area (Å²) in [4.78, 5) is 4.12. The van der Waals surface area contributed by atoms with E-state index in [-0.39, 0.29) is 5.71 Å². The highest BCUT2D eigenvalue weighted by Crippen LogP contribution is 2.24. The molecule has 0 rings (SSSR count). The molecule has 2 nitrogen and oxygen atoms in total. The van der Waals surface area contributed by atoms with Crippen LogP contribution in [0.25, 0.3) is 0 Å². The first kappa shape index (κ1) is 13.1. The lowest BCUT2D eigenvalue weighted by molar-refractivity contribution is 0.240. The van der Waals surface area contributed by atoms with Gasteiger partial charge in [-0.05, 0) is 33.6 Å². The predicted octanol–water partition coefficient (Wildman–Crippen LogP) is 3.28. The van der Waals surface area contributed by atoms with Crippen LogP contribution in [0.5, 0.6) is 0 Å². The van der Waals surface area contributed by atoms with E-state index in [1.807, 2.05) is 26.8 Å². The number of rotatable bonds is 3. The standard InChI is InChI=1S/C11H19FN2/c1-6-11(12,7-2)9(8-13)14-10(3,4)5/h6-7H2,1-5H3. The summed E-state index contributed by atoms with van der Waals surface area (Å²) in [5.41, 5.74) is -1.93. The van der Waals surface area contributed by atoms with Gasteiger partial charge in [-0.15, -0.1) is 0 Å². The van der Waals surface area contributed by atoms with Crippen LogP contribution in [0.1, 0.15) is 47.5 Å². The minimum atomic E-state index is -1.55. The molecule has 0 bridgehead atoms. The maximum absolute atomic E-state index is 14.1. The van der Waals surface area contributed by atoms with Crippen LogP contribution in [0.3, 0.4) is 0 Å². The van der Waals surface area contributed by atoms with E-state index in [2.05, 4.69) is 4.99 Å². The Hall–Kier alpha value is -0.910. The Labute approximate surface area is 85.8 Å². The minimum absolute atomic E-state index is 0.0231. The molecule has 0 saturated carbocycles. The summed E-state index contributed by atoms with van der Waals surface area (Å²) in [5.74, 6) is 0. The average Bonchev–Trinajstić information content (AvgIpc) is 2.11. The van der Waals surface area contributed by atoms with Crippen molar-refractivity contribution in [2.24, 2.45) is 4.99 Å². The SMILES string of the molecule is CCC(F)(CC)C(C#N)=NC(C)(C)C. The van der Waals surface area contributed by atoms with Gasteiger partial charge in [0.05, 0.1) is 5.54 Å². The lowest BCUT2D eigenvalue weighted by Crippen LogP contribution is -2.33. The molecule has 0 amide bonds. The summed E-state index contributed by atoms with van der Waals surface area (Å²) in [6.45, 7) is 9.04. The number of alkyl halides is 1. The smallest absolute Gasteiger partial charge is 0.161 e. The Morgan fingerprint density at radius 1 is 1.29 bits per heavy atom. The highest BCUT2D eigenvalue weighted by Gasteiger charge is 2.33. The van der Waals surface area contributed by atoms with Crippen LogP contribution in [-0.2, 0) is 0 Å². The molecule has 80 valence electrons. The van der Waals surface area contributed by atoms with E-state index in [4.69, 9.17) is 5.26 Å². The van der Waals surface area contributed by atoms with Crippen molar-refractivity contribution >= 4 is 5.71 Å². The first-order chi connectivity index (χ1) is 6.29. The van der Waals surface area contributed by atoms with Crippen LogP contribution in [0.2, 0.25) is 0 Å². The molecule has 14 heavy (non-hydrogen) atoms. The van der Waals surface area contributed by atoms with Crippen molar-refractivity contribution < 1.29 is 4.39 Å². The molecule has 0 aromatic rings. The van der Waals surface area contributed by atoms with Gasteiger partial charge in [0.25, 0.3) is 0 Å². The zero-order chi connectivity index (χ0) is 11.4. The Bertz CT molecular complexity index is 251. The summed E-state index contributed by atoms with van der Waals surface area (Å²) in [6, 6.07) is 1.88. The monoisotopic (exact) mass is 198 g/mol. The van der Waals surface area contributed by atoms with Crippen molar-refractivity contribution in [1.29, 1.82) is 5.26 Å². The Balaban J connectivity index is 5.10. The van der Waals surface area contributed by atoms with Gasteiger partial charge in [-0.1, -0.05) is 13.8 Å². The summed E-state index contributed by atoms with van der Waals surface area (Å²) in [6.07, 6.45) is 0.595.